The zero-order chi connectivity index (χ0) is 30.5. The highest BCUT2D eigenvalue weighted by atomic mass is 16.1. The minimum atomic E-state index is -0.660. The fraction of sp³-hybridized carbons (Fsp3) is 0.333. The molecule has 0 spiro atoms. The number of ketones is 1. The van der Waals surface area contributed by atoms with Crippen molar-refractivity contribution >= 4 is 29.4 Å². The van der Waals surface area contributed by atoms with Gasteiger partial charge < -0.3 is 5.32 Å². The highest BCUT2D eigenvalue weighted by molar-refractivity contribution is 6.07. The van der Waals surface area contributed by atoms with Gasteiger partial charge in [-0.05, 0) is 83.5 Å². The van der Waals surface area contributed by atoms with Gasteiger partial charge in [0.1, 0.15) is 0 Å². The summed E-state index contributed by atoms with van der Waals surface area (Å²) in [6, 6.07) is 20.0. The van der Waals surface area contributed by atoms with Crippen molar-refractivity contribution in [2.45, 2.75) is 60.0 Å². The molecule has 43 heavy (non-hydrogen) atoms. The molecule has 1 aliphatic heterocycles. The lowest BCUT2D eigenvalue weighted by Crippen LogP contribution is -2.33. The van der Waals surface area contributed by atoms with Crippen LogP contribution in [0.2, 0.25) is 0 Å². The van der Waals surface area contributed by atoms with E-state index in [1.54, 1.807) is 0 Å². The van der Waals surface area contributed by atoms with Gasteiger partial charge in [-0.2, -0.15) is 0 Å². The van der Waals surface area contributed by atoms with Crippen molar-refractivity contribution < 1.29 is 4.79 Å². The summed E-state index contributed by atoms with van der Waals surface area (Å²) in [5.74, 6) is 0.587. The van der Waals surface area contributed by atoms with Crippen LogP contribution < -0.4 is 5.32 Å². The predicted octanol–water partition coefficient (Wildman–Crippen LogP) is 8.56. The number of aryl methyl sites for hydroxylation is 1. The molecule has 2 aliphatic carbocycles. The highest BCUT2D eigenvalue weighted by Gasteiger charge is 2.43. The van der Waals surface area contributed by atoms with Crippen molar-refractivity contribution in [3.63, 3.8) is 0 Å². The minimum absolute atomic E-state index is 0.147. The van der Waals surface area contributed by atoms with E-state index in [4.69, 9.17) is 0 Å². The Balaban J connectivity index is 1.41. The Morgan fingerprint density at radius 1 is 1.14 bits per heavy atom. The lowest BCUT2D eigenvalue weighted by Gasteiger charge is -2.36. The average molecular weight is 570 g/mol. The fourth-order valence-corrected chi connectivity index (χ4v) is 7.19. The van der Waals surface area contributed by atoms with E-state index < -0.39 is 5.41 Å². The van der Waals surface area contributed by atoms with Crippen LogP contribution in [0.5, 0.6) is 0 Å². The second kappa shape index (κ2) is 11.4. The molecule has 220 valence electrons. The van der Waals surface area contributed by atoms with E-state index in [1.807, 2.05) is 19.5 Å². The number of fused-ring (bicyclic) bond motifs is 2. The van der Waals surface area contributed by atoms with Crippen LogP contribution in [0.4, 0.5) is 11.4 Å². The molecule has 0 unspecified atom stereocenters. The topological polar surface area (TPSA) is 44.7 Å². The fourth-order valence-electron chi connectivity index (χ4n) is 7.19. The molecule has 0 amide bonds. The molecule has 0 aromatic heterocycles. The van der Waals surface area contributed by atoms with E-state index in [0.29, 0.717) is 5.92 Å². The van der Waals surface area contributed by atoms with Crippen LogP contribution in [0.1, 0.15) is 72.1 Å². The maximum Gasteiger partial charge on any atom is 0.165 e. The third-order valence-corrected chi connectivity index (χ3v) is 9.85. The lowest BCUT2D eigenvalue weighted by molar-refractivity contribution is -0.123. The number of Topliss-reactive ketones (excluding diaryl/α,β-unsaturated/α-hetero) is 1. The number of hydrogen-bond donors (Lipinski definition) is 1. The molecule has 6 rings (SSSR count). The number of anilines is 1. The molecule has 4 nitrogen and oxygen atoms in total. The van der Waals surface area contributed by atoms with Gasteiger partial charge in [0.15, 0.2) is 5.78 Å². The summed E-state index contributed by atoms with van der Waals surface area (Å²) in [7, 11) is 1.90. The van der Waals surface area contributed by atoms with Gasteiger partial charge in [-0.25, -0.2) is 0 Å². The molecule has 1 N–H and O–H groups in total. The first-order chi connectivity index (χ1) is 20.7. The molecule has 0 fully saturated rings. The van der Waals surface area contributed by atoms with Crippen LogP contribution in [0.15, 0.2) is 76.8 Å². The number of benzene rings is 3. The third-order valence-electron chi connectivity index (χ3n) is 9.85. The maximum atomic E-state index is 13.8. The SMILES string of the molecule is C=Nc1c(NC)ccc([C@H](c2ccc(C)c(CN3Cc4ccccc4C4=C([CH]4)[C@H](CC)C3)c2)C(C)(C)C(=O)C2=C[CH]2)c1C. The summed E-state index contributed by atoms with van der Waals surface area (Å²) in [6.07, 6.45) is 7.39. The van der Waals surface area contributed by atoms with Crippen molar-refractivity contribution in [3.8, 4) is 0 Å². The molecule has 2 atom stereocenters. The van der Waals surface area contributed by atoms with Crippen LogP contribution in [0, 0.1) is 38.0 Å². The lowest BCUT2D eigenvalue weighted by atomic mass is 9.67. The van der Waals surface area contributed by atoms with Crippen LogP contribution in [-0.2, 0) is 17.9 Å². The number of hydrogen-bond acceptors (Lipinski definition) is 4. The van der Waals surface area contributed by atoms with Crippen molar-refractivity contribution in [1.82, 2.24) is 4.90 Å². The first-order valence-corrected chi connectivity index (χ1v) is 15.5. The monoisotopic (exact) mass is 569 g/mol. The van der Waals surface area contributed by atoms with Crippen LogP contribution >= 0.6 is 0 Å². The third kappa shape index (κ3) is 5.42. The summed E-state index contributed by atoms with van der Waals surface area (Å²) in [6.45, 7) is 17.5. The second-order valence-corrected chi connectivity index (χ2v) is 13.0. The van der Waals surface area contributed by atoms with Crippen LogP contribution in [-0.4, -0.2) is 31.0 Å². The number of carbonyl (C=O) groups is 1. The number of allylic oxidation sites excluding steroid dienone is 3. The van der Waals surface area contributed by atoms with E-state index >= 15 is 0 Å². The Morgan fingerprint density at radius 3 is 2.60 bits per heavy atom. The first-order valence-electron chi connectivity index (χ1n) is 15.5. The molecular weight excluding hydrogens is 526 g/mol. The molecule has 2 radical (unpaired) electrons. The van der Waals surface area contributed by atoms with E-state index in [9.17, 15) is 4.79 Å². The van der Waals surface area contributed by atoms with E-state index in [1.165, 1.54) is 33.4 Å². The van der Waals surface area contributed by atoms with Crippen molar-refractivity contribution in [2.24, 2.45) is 16.3 Å². The number of rotatable bonds is 10. The van der Waals surface area contributed by atoms with E-state index in [0.717, 1.165) is 59.7 Å². The van der Waals surface area contributed by atoms with Gasteiger partial charge >= 0.3 is 0 Å². The van der Waals surface area contributed by atoms with Gasteiger partial charge in [-0.3, -0.25) is 14.7 Å². The molecule has 3 aliphatic rings. The first kappa shape index (κ1) is 29.3. The van der Waals surface area contributed by atoms with Gasteiger partial charge in [0, 0.05) is 56.4 Å². The number of aliphatic imine (C=N–C) groups is 1. The summed E-state index contributed by atoms with van der Waals surface area (Å²) >= 11 is 0. The maximum absolute atomic E-state index is 13.8. The Bertz CT molecular complexity index is 1670. The summed E-state index contributed by atoms with van der Waals surface area (Å²) in [4.78, 5) is 20.8. The minimum Gasteiger partial charge on any atom is -0.386 e. The Hall–Kier alpha value is -3.76. The standard InChI is InChI=1S/C39H43N3O/c1-8-26-21-42(22-29-11-9-10-12-32(29)34-20-33(26)34)23-30-19-28(14-13-24(30)2)36(39(4,5)38(43)27-15-16-27)31-17-18-35(40-6)37(41-7)25(31)3/h9-20,26,36,40H,7-8,21-23H2,1-6H3/t26-,36+/m1/s1. The summed E-state index contributed by atoms with van der Waals surface area (Å²) < 4.78 is 0. The number of nitrogens with zero attached hydrogens (tertiary/aromatic N) is 2. The van der Waals surface area contributed by atoms with Crippen molar-refractivity contribution in [1.29, 1.82) is 0 Å². The van der Waals surface area contributed by atoms with Gasteiger partial charge in [-0.15, -0.1) is 0 Å². The van der Waals surface area contributed by atoms with Gasteiger partial charge in [-0.1, -0.05) is 81.0 Å². The van der Waals surface area contributed by atoms with E-state index in [-0.39, 0.29) is 11.7 Å². The summed E-state index contributed by atoms with van der Waals surface area (Å²) in [5, 5.41) is 3.25. The normalized spacial score (nSPS) is 18.6. The molecule has 0 bridgehead atoms. The Kier molecular flexibility index (Phi) is 7.76. The van der Waals surface area contributed by atoms with Crippen molar-refractivity contribution in [2.75, 3.05) is 18.9 Å². The van der Waals surface area contributed by atoms with Crippen molar-refractivity contribution in [3.05, 3.63) is 124 Å². The van der Waals surface area contributed by atoms with Crippen LogP contribution in [0.25, 0.3) is 5.57 Å². The number of nitrogens with one attached hydrogen (secondary N) is 1. The second-order valence-electron chi connectivity index (χ2n) is 13.0. The van der Waals surface area contributed by atoms with Gasteiger partial charge in [0.25, 0.3) is 0 Å². The number of carbonyl (C=O) groups excluding carboxylic acids is 1. The zero-order valence-corrected chi connectivity index (χ0v) is 26.4. The highest BCUT2D eigenvalue weighted by Crippen LogP contribution is 2.49. The smallest absolute Gasteiger partial charge is 0.165 e. The summed E-state index contributed by atoms with van der Waals surface area (Å²) in [5.41, 5.74) is 13.7. The quantitative estimate of drug-likeness (QED) is 0.249. The van der Waals surface area contributed by atoms with Crippen LogP contribution in [0.3, 0.4) is 0 Å². The molecule has 0 saturated carbocycles. The van der Waals surface area contributed by atoms with Gasteiger partial charge in [0.2, 0.25) is 0 Å². The molecule has 3 aromatic rings. The molecule has 3 aromatic carbocycles. The molecular formula is C39H43N3O. The average Bonchev–Trinajstić information content (AvgIpc) is 3.92. The Labute approximate surface area is 257 Å². The van der Waals surface area contributed by atoms with E-state index in [2.05, 4.69) is 118 Å². The predicted molar refractivity (Wildman–Crippen MR) is 180 cm³/mol. The Morgan fingerprint density at radius 2 is 1.91 bits per heavy atom. The molecule has 4 heteroatoms. The molecule has 0 saturated heterocycles. The zero-order valence-electron chi connectivity index (χ0n) is 26.4. The van der Waals surface area contributed by atoms with Gasteiger partial charge in [0.05, 0.1) is 11.4 Å². The largest absolute Gasteiger partial charge is 0.386 e. The molecule has 1 heterocycles.